The van der Waals surface area contributed by atoms with Crippen molar-refractivity contribution < 1.29 is 4.79 Å². The van der Waals surface area contributed by atoms with E-state index in [-0.39, 0.29) is 5.91 Å². The molecular weight excluding hydrogens is 298 g/mol. The van der Waals surface area contributed by atoms with E-state index in [0.717, 1.165) is 36.7 Å². The van der Waals surface area contributed by atoms with Crippen LogP contribution in [0.3, 0.4) is 0 Å². The molecule has 0 saturated heterocycles. The quantitative estimate of drug-likeness (QED) is 0.808. The van der Waals surface area contributed by atoms with Gasteiger partial charge in [0.15, 0.2) is 0 Å². The van der Waals surface area contributed by atoms with Gasteiger partial charge in [-0.05, 0) is 53.8 Å². The molecule has 0 spiro atoms. The van der Waals surface area contributed by atoms with Gasteiger partial charge < -0.3 is 4.90 Å². The lowest BCUT2D eigenvalue weighted by Crippen LogP contribution is -2.30. The molecule has 1 saturated carbocycles. The largest absolute Gasteiger partial charge is 0.311 e. The number of aromatic nitrogens is 4. The summed E-state index contributed by atoms with van der Waals surface area (Å²) in [5.41, 5.74) is 3.50. The van der Waals surface area contributed by atoms with E-state index in [1.165, 1.54) is 22.9 Å². The van der Waals surface area contributed by atoms with Crippen molar-refractivity contribution in [3.05, 3.63) is 29.3 Å². The maximum Gasteiger partial charge on any atom is 0.237 e. The second-order valence-electron chi connectivity index (χ2n) is 5.85. The maximum absolute atomic E-state index is 12.5. The van der Waals surface area contributed by atoms with Gasteiger partial charge in [0.25, 0.3) is 0 Å². The first-order valence-electron chi connectivity index (χ1n) is 7.53. The average molecular weight is 315 g/mol. The third-order valence-corrected chi connectivity index (χ3v) is 5.04. The monoisotopic (exact) mass is 315 g/mol. The summed E-state index contributed by atoms with van der Waals surface area (Å²) in [6, 6.07) is 6.76. The van der Waals surface area contributed by atoms with E-state index in [1.807, 2.05) is 9.58 Å². The van der Waals surface area contributed by atoms with Crippen LogP contribution in [0.5, 0.6) is 0 Å². The number of anilines is 1. The first-order valence-corrected chi connectivity index (χ1v) is 8.51. The fraction of sp³-hybridized carbons (Fsp3) is 0.467. The number of carbonyl (C=O) groups excluding carboxylic acids is 1. The Morgan fingerprint density at radius 3 is 3.09 bits per heavy atom. The molecule has 0 radical (unpaired) electrons. The Morgan fingerprint density at radius 1 is 1.41 bits per heavy atom. The molecule has 1 fully saturated rings. The number of tetrazole rings is 1. The Balaban J connectivity index is 1.45. The van der Waals surface area contributed by atoms with Gasteiger partial charge in [0.2, 0.25) is 11.1 Å². The molecule has 1 aromatic heterocycles. The van der Waals surface area contributed by atoms with Gasteiger partial charge >= 0.3 is 0 Å². The van der Waals surface area contributed by atoms with Crippen molar-refractivity contribution in [2.24, 2.45) is 0 Å². The van der Waals surface area contributed by atoms with Gasteiger partial charge in [-0.2, -0.15) is 0 Å². The van der Waals surface area contributed by atoms with Crippen LogP contribution in [0, 0.1) is 6.92 Å². The van der Waals surface area contributed by atoms with E-state index in [2.05, 4.69) is 40.6 Å². The van der Waals surface area contributed by atoms with E-state index in [4.69, 9.17) is 0 Å². The molecule has 7 heteroatoms. The van der Waals surface area contributed by atoms with Gasteiger partial charge in [-0.25, -0.2) is 4.68 Å². The van der Waals surface area contributed by atoms with Gasteiger partial charge in [0.1, 0.15) is 0 Å². The van der Waals surface area contributed by atoms with E-state index >= 15 is 0 Å². The highest BCUT2D eigenvalue weighted by molar-refractivity contribution is 7.99. The first kappa shape index (κ1) is 13.8. The zero-order chi connectivity index (χ0) is 15.1. The number of nitrogens with zero attached hydrogens (tertiary/aromatic N) is 5. The summed E-state index contributed by atoms with van der Waals surface area (Å²) >= 11 is 1.43. The molecule has 1 aliphatic carbocycles. The highest BCUT2D eigenvalue weighted by atomic mass is 32.2. The number of carbonyl (C=O) groups is 1. The van der Waals surface area contributed by atoms with Crippen molar-refractivity contribution in [1.82, 2.24) is 20.2 Å². The molecule has 114 valence electrons. The van der Waals surface area contributed by atoms with E-state index in [1.54, 1.807) is 0 Å². The first-order chi connectivity index (χ1) is 10.7. The third kappa shape index (κ3) is 2.49. The summed E-state index contributed by atoms with van der Waals surface area (Å²) in [5, 5.41) is 12.5. The summed E-state index contributed by atoms with van der Waals surface area (Å²) in [5.74, 6) is 0.500. The molecule has 1 aromatic carbocycles. The molecule has 0 bridgehead atoms. The highest BCUT2D eigenvalue weighted by Gasteiger charge is 2.29. The van der Waals surface area contributed by atoms with Gasteiger partial charge in [-0.1, -0.05) is 23.9 Å². The van der Waals surface area contributed by atoms with Gasteiger partial charge in [-0.3, -0.25) is 4.79 Å². The molecule has 0 atom stereocenters. The molecule has 2 heterocycles. The Bertz CT molecular complexity index is 724. The van der Waals surface area contributed by atoms with Crippen LogP contribution in [0.15, 0.2) is 23.4 Å². The van der Waals surface area contributed by atoms with E-state index < -0.39 is 0 Å². The summed E-state index contributed by atoms with van der Waals surface area (Å²) in [7, 11) is 0. The molecule has 2 aliphatic rings. The van der Waals surface area contributed by atoms with Crippen LogP contribution in [0.2, 0.25) is 0 Å². The standard InChI is InChI=1S/C15H17N5OS/c1-10-2-3-11-6-7-19(13(11)8-10)14(21)9-22-15-16-17-18-20(15)12-4-5-12/h2-3,8,12H,4-7,9H2,1H3. The second-order valence-corrected chi connectivity index (χ2v) is 6.80. The molecular formula is C15H17N5OS. The number of thioether (sulfide) groups is 1. The normalized spacial score (nSPS) is 16.9. The lowest BCUT2D eigenvalue weighted by Gasteiger charge is -2.17. The summed E-state index contributed by atoms with van der Waals surface area (Å²) in [4.78, 5) is 14.4. The lowest BCUT2D eigenvalue weighted by atomic mass is 10.1. The van der Waals surface area contributed by atoms with Crippen LogP contribution in [0.4, 0.5) is 5.69 Å². The number of amides is 1. The molecule has 1 amide bonds. The fourth-order valence-electron chi connectivity index (χ4n) is 2.78. The molecule has 6 nitrogen and oxygen atoms in total. The number of hydrogen-bond acceptors (Lipinski definition) is 5. The molecule has 22 heavy (non-hydrogen) atoms. The van der Waals surface area contributed by atoms with Crippen LogP contribution < -0.4 is 4.90 Å². The third-order valence-electron chi connectivity index (χ3n) is 4.12. The fourth-order valence-corrected chi connectivity index (χ4v) is 3.60. The zero-order valence-corrected chi connectivity index (χ0v) is 13.2. The van der Waals surface area contributed by atoms with Crippen molar-refractivity contribution in [2.45, 2.75) is 37.4 Å². The second kappa shape index (κ2) is 5.39. The maximum atomic E-state index is 12.5. The Labute approximate surface area is 132 Å². The van der Waals surface area contributed by atoms with Crippen LogP contribution in [-0.4, -0.2) is 38.4 Å². The van der Waals surface area contributed by atoms with Crippen molar-refractivity contribution in [3.63, 3.8) is 0 Å². The summed E-state index contributed by atoms with van der Waals surface area (Å²) in [6.45, 7) is 2.82. The Hall–Kier alpha value is -1.89. The van der Waals surface area contributed by atoms with Gasteiger partial charge in [0.05, 0.1) is 11.8 Å². The van der Waals surface area contributed by atoms with Crippen LogP contribution in [0.1, 0.15) is 30.0 Å². The summed E-state index contributed by atoms with van der Waals surface area (Å²) in [6.07, 6.45) is 3.20. The number of fused-ring (bicyclic) bond motifs is 1. The van der Waals surface area contributed by atoms with Gasteiger partial charge in [-0.15, -0.1) is 5.10 Å². The van der Waals surface area contributed by atoms with Crippen LogP contribution in [0.25, 0.3) is 0 Å². The van der Waals surface area contributed by atoms with Crippen molar-refractivity contribution in [2.75, 3.05) is 17.2 Å². The number of aryl methyl sites for hydroxylation is 1. The van der Waals surface area contributed by atoms with E-state index in [9.17, 15) is 4.79 Å². The molecule has 1 aliphatic heterocycles. The topological polar surface area (TPSA) is 63.9 Å². The molecule has 0 unspecified atom stereocenters. The van der Waals surface area contributed by atoms with Crippen molar-refractivity contribution in [1.29, 1.82) is 0 Å². The predicted octanol–water partition coefficient (Wildman–Crippen LogP) is 2.00. The molecule has 2 aromatic rings. The lowest BCUT2D eigenvalue weighted by molar-refractivity contribution is -0.116. The minimum Gasteiger partial charge on any atom is -0.311 e. The Kier molecular flexibility index (Phi) is 3.37. The smallest absolute Gasteiger partial charge is 0.237 e. The van der Waals surface area contributed by atoms with Crippen LogP contribution >= 0.6 is 11.8 Å². The number of hydrogen-bond donors (Lipinski definition) is 0. The predicted molar refractivity (Wildman–Crippen MR) is 84.0 cm³/mol. The average Bonchev–Trinajstić information content (AvgIpc) is 3.10. The van der Waals surface area contributed by atoms with E-state index in [0.29, 0.717) is 11.8 Å². The molecule has 4 rings (SSSR count). The summed E-state index contributed by atoms with van der Waals surface area (Å²) < 4.78 is 1.85. The van der Waals surface area contributed by atoms with Crippen LogP contribution in [-0.2, 0) is 11.2 Å². The molecule has 0 N–H and O–H groups in total. The van der Waals surface area contributed by atoms with Crippen molar-refractivity contribution in [3.8, 4) is 0 Å². The SMILES string of the molecule is Cc1ccc2c(c1)N(C(=O)CSc1nnnn1C1CC1)CC2. The van der Waals surface area contributed by atoms with Gasteiger partial charge in [0, 0.05) is 12.2 Å². The Morgan fingerprint density at radius 2 is 2.27 bits per heavy atom. The minimum atomic E-state index is 0.125. The highest BCUT2D eigenvalue weighted by Crippen LogP contribution is 2.36. The van der Waals surface area contributed by atoms with Crippen molar-refractivity contribution >= 4 is 23.4 Å². The number of rotatable bonds is 4. The minimum absolute atomic E-state index is 0.125. The zero-order valence-electron chi connectivity index (χ0n) is 12.4. The number of benzene rings is 1.